The number of unbranched alkanes of at least 4 members (excludes halogenated alkanes) is 6. The van der Waals surface area contributed by atoms with Gasteiger partial charge in [0.2, 0.25) is 12.3 Å². The lowest BCUT2D eigenvalue weighted by Gasteiger charge is -2.32. The molecule has 0 aliphatic carbocycles. The zero-order valence-electron chi connectivity index (χ0n) is 42.7. The Balaban J connectivity index is 1.80. The van der Waals surface area contributed by atoms with Crippen LogP contribution in [0, 0.1) is 5.92 Å². The number of furan rings is 1. The van der Waals surface area contributed by atoms with Gasteiger partial charge in [-0.2, -0.15) is 5.06 Å². The first kappa shape index (κ1) is 59.4. The highest BCUT2D eigenvalue weighted by Gasteiger charge is 2.34. The second-order valence-electron chi connectivity index (χ2n) is 16.9. The Morgan fingerprint density at radius 1 is 0.653 bits per heavy atom. The first-order valence-electron chi connectivity index (χ1n) is 25.2. The minimum atomic E-state index is -1.40. The van der Waals surface area contributed by atoms with Crippen LogP contribution in [0.3, 0.4) is 0 Å². The highest BCUT2D eigenvalue weighted by molar-refractivity contribution is 6.00. The molecular formula is C53H74N4O15. The molecule has 3 rings (SSSR count). The van der Waals surface area contributed by atoms with Gasteiger partial charge < -0.3 is 48.9 Å². The van der Waals surface area contributed by atoms with Crippen LogP contribution in [0.15, 0.2) is 59.0 Å². The Bertz CT molecular complexity index is 2190. The molecule has 1 heterocycles. The molecule has 0 aliphatic rings. The topological polar surface area (TPSA) is 244 Å². The quantitative estimate of drug-likeness (QED) is 0.0125. The number of nitrogens with one attached hydrogen (secondary N) is 3. The Morgan fingerprint density at radius 2 is 1.31 bits per heavy atom. The zero-order chi connectivity index (χ0) is 52.7. The minimum absolute atomic E-state index is 0.0840. The average Bonchev–Trinajstić information content (AvgIpc) is 3.88. The van der Waals surface area contributed by atoms with Crippen LogP contribution in [0.5, 0.6) is 11.5 Å². The molecule has 0 saturated heterocycles. The fourth-order valence-electron chi connectivity index (χ4n) is 7.09. The van der Waals surface area contributed by atoms with Crippen molar-refractivity contribution in [2.45, 2.75) is 144 Å². The first-order valence-corrected chi connectivity index (χ1v) is 25.2. The summed E-state index contributed by atoms with van der Waals surface area (Å²) in [5.74, 6) is -5.60. The van der Waals surface area contributed by atoms with E-state index in [9.17, 15) is 38.4 Å². The van der Waals surface area contributed by atoms with E-state index in [-0.39, 0.29) is 61.3 Å². The Labute approximate surface area is 422 Å². The number of benzene rings is 2. The molecule has 0 bridgehead atoms. The minimum Gasteiger partial charge on any atom is -0.493 e. The van der Waals surface area contributed by atoms with Gasteiger partial charge in [0.15, 0.2) is 12.4 Å². The number of hydrogen-bond donors (Lipinski definition) is 3. The summed E-state index contributed by atoms with van der Waals surface area (Å²) in [5.41, 5.74) is 0.360. The van der Waals surface area contributed by atoms with Crippen LogP contribution in [0.1, 0.15) is 163 Å². The lowest BCUT2D eigenvalue weighted by Crippen LogP contribution is -2.49. The summed E-state index contributed by atoms with van der Waals surface area (Å²) in [6.07, 6.45) is 8.65. The Morgan fingerprint density at radius 3 is 1.97 bits per heavy atom. The first-order chi connectivity index (χ1) is 34.8. The molecule has 3 N–H and O–H groups in total. The van der Waals surface area contributed by atoms with E-state index in [0.29, 0.717) is 56.4 Å². The van der Waals surface area contributed by atoms with Crippen LogP contribution < -0.4 is 25.4 Å². The number of hydrogen-bond acceptors (Lipinski definition) is 15. The van der Waals surface area contributed by atoms with Gasteiger partial charge in [-0.3, -0.25) is 24.0 Å². The van der Waals surface area contributed by atoms with Crippen LogP contribution in [0.4, 0.5) is 0 Å². The van der Waals surface area contributed by atoms with Crippen molar-refractivity contribution < 1.29 is 71.3 Å². The van der Waals surface area contributed by atoms with Crippen LogP contribution >= 0.6 is 0 Å². The number of para-hydroxylation sites is 1. The van der Waals surface area contributed by atoms with E-state index in [4.69, 9.17) is 32.9 Å². The summed E-state index contributed by atoms with van der Waals surface area (Å²) < 4.78 is 33.3. The Kier molecular flexibility index (Phi) is 27.7. The number of ether oxygens (including phenoxy) is 5. The van der Waals surface area contributed by atoms with Crippen molar-refractivity contribution in [3.8, 4) is 22.8 Å². The molecule has 4 amide bonds. The van der Waals surface area contributed by atoms with Crippen LogP contribution in [-0.4, -0.2) is 105 Å². The second kappa shape index (κ2) is 33.6. The number of carbonyl (C=O) groups is 8. The SMILES string of the molecule is CCCCC[C@@H](C(=O)NCNC(=O)c1ccc(-c2ccc(C(=O)N[C@@H](CC(=O)OCCCC)C(=O)OCCCC)c(OCC(=O)OCCCC)c2)o1)[C@@H](CC)N(C=O)OC(=O)c1ccccc1OCCCC. The molecule has 3 aromatic rings. The van der Waals surface area contributed by atoms with E-state index < -0.39 is 72.6 Å². The molecule has 72 heavy (non-hydrogen) atoms. The van der Waals surface area contributed by atoms with Crippen molar-refractivity contribution in [1.82, 2.24) is 21.0 Å². The number of nitrogens with zero attached hydrogens (tertiary/aromatic N) is 1. The largest absolute Gasteiger partial charge is 0.493 e. The van der Waals surface area contributed by atoms with Crippen molar-refractivity contribution in [3.05, 3.63) is 71.5 Å². The van der Waals surface area contributed by atoms with Crippen LogP contribution in [-0.2, 0) is 43.0 Å². The van der Waals surface area contributed by atoms with Crippen molar-refractivity contribution in [3.63, 3.8) is 0 Å². The molecule has 0 aliphatic heterocycles. The molecule has 19 nitrogen and oxygen atoms in total. The lowest BCUT2D eigenvalue weighted by molar-refractivity contribution is -0.171. The normalized spacial score (nSPS) is 12.0. The molecule has 0 radical (unpaired) electrons. The van der Waals surface area contributed by atoms with E-state index >= 15 is 0 Å². The molecule has 2 aromatic carbocycles. The fourth-order valence-corrected chi connectivity index (χ4v) is 7.09. The number of esters is 3. The number of amides is 4. The van der Waals surface area contributed by atoms with E-state index in [0.717, 1.165) is 50.0 Å². The maximum atomic E-state index is 13.8. The smallest absolute Gasteiger partial charge is 0.366 e. The van der Waals surface area contributed by atoms with Crippen molar-refractivity contribution in [1.29, 1.82) is 0 Å². The van der Waals surface area contributed by atoms with Crippen molar-refractivity contribution in [2.24, 2.45) is 5.92 Å². The maximum Gasteiger partial charge on any atom is 0.366 e. The van der Waals surface area contributed by atoms with E-state index in [1.807, 2.05) is 34.6 Å². The van der Waals surface area contributed by atoms with Crippen LogP contribution in [0.25, 0.3) is 11.3 Å². The predicted molar refractivity (Wildman–Crippen MR) is 265 cm³/mol. The van der Waals surface area contributed by atoms with Gasteiger partial charge in [-0.05, 0) is 74.9 Å². The highest BCUT2D eigenvalue weighted by atomic mass is 16.7. The zero-order valence-corrected chi connectivity index (χ0v) is 42.7. The van der Waals surface area contributed by atoms with Gasteiger partial charge in [0.1, 0.15) is 28.9 Å². The number of rotatable bonds is 36. The summed E-state index contributed by atoms with van der Waals surface area (Å²) in [6.45, 7) is 11.5. The molecule has 396 valence electrons. The molecule has 19 heteroatoms. The number of hydroxylamine groups is 2. The maximum absolute atomic E-state index is 13.8. The van der Waals surface area contributed by atoms with Gasteiger partial charge in [0.25, 0.3) is 11.8 Å². The van der Waals surface area contributed by atoms with Gasteiger partial charge in [-0.25, -0.2) is 14.4 Å². The van der Waals surface area contributed by atoms with Gasteiger partial charge in [-0.1, -0.05) is 105 Å². The predicted octanol–water partition coefficient (Wildman–Crippen LogP) is 8.03. The van der Waals surface area contributed by atoms with E-state index in [1.54, 1.807) is 25.1 Å². The average molecular weight is 1010 g/mol. The summed E-state index contributed by atoms with van der Waals surface area (Å²) in [6, 6.07) is 11.5. The second-order valence-corrected chi connectivity index (χ2v) is 16.9. The lowest BCUT2D eigenvalue weighted by atomic mass is 9.90. The highest BCUT2D eigenvalue weighted by Crippen LogP contribution is 2.30. The third-order valence-electron chi connectivity index (χ3n) is 11.2. The molecule has 0 unspecified atom stereocenters. The van der Waals surface area contributed by atoms with Gasteiger partial charge in [0, 0.05) is 5.56 Å². The van der Waals surface area contributed by atoms with Crippen molar-refractivity contribution >= 4 is 48.0 Å². The summed E-state index contributed by atoms with van der Waals surface area (Å²) in [4.78, 5) is 111. The van der Waals surface area contributed by atoms with Crippen LogP contribution in [0.2, 0.25) is 0 Å². The molecule has 1 aromatic heterocycles. The summed E-state index contributed by atoms with van der Waals surface area (Å²) in [5, 5.41) is 8.76. The van der Waals surface area contributed by atoms with E-state index in [2.05, 4.69) is 16.0 Å². The van der Waals surface area contributed by atoms with Gasteiger partial charge in [0.05, 0.1) is 57.0 Å². The summed E-state index contributed by atoms with van der Waals surface area (Å²) >= 11 is 0. The molecule has 0 fully saturated rings. The molecule has 3 atom stereocenters. The third-order valence-corrected chi connectivity index (χ3v) is 11.2. The monoisotopic (exact) mass is 1010 g/mol. The van der Waals surface area contributed by atoms with Gasteiger partial charge in [-0.15, -0.1) is 0 Å². The van der Waals surface area contributed by atoms with Crippen molar-refractivity contribution in [2.75, 3.05) is 39.7 Å². The fraction of sp³-hybridized carbons (Fsp3) is 0.547. The summed E-state index contributed by atoms with van der Waals surface area (Å²) in [7, 11) is 0. The standard InChI is InChI=1S/C53H74N4O15/c1-7-13-18-21-38(42(12-6)57(36-58)72-52(64)40-22-19-20-23-44(40)66-28-14-8-2)49(61)54-35-55-51(63)45-27-26-43(71-45)37-24-25-39(46(32-37)70-34-48(60)68-30-16-10-4)50(62)56-41(53(65)69-31-17-11-5)33-47(59)67-29-15-9-3/h19-20,22-27,32,36,38,41-42H,7-18,21,28-31,33-35H2,1-6H3,(H,54,61)(H,55,63)(H,56,62)/t38-,41+,42-/m1/s1. The molecular weight excluding hydrogens is 933 g/mol. The number of carbonyl (C=O) groups excluding carboxylic acids is 8. The molecule has 0 spiro atoms. The van der Waals surface area contributed by atoms with E-state index in [1.165, 1.54) is 36.4 Å². The van der Waals surface area contributed by atoms with Gasteiger partial charge >= 0.3 is 23.9 Å². The third kappa shape index (κ3) is 20.1. The molecule has 0 saturated carbocycles. The Hall–Kier alpha value is -6.92.